The SMILES string of the molecule is CC(C)(C)c1ccc2oc3ccc4c(c3c2c1)-c1c(N(c2ccc(-c3cccc5c3oc3ccccc35)cc2)c2ccc3c(c2)C(C)(C)c2ccccc2-3)cccc1C4(C)C. The molecule has 2 aliphatic rings. The van der Waals surface area contributed by atoms with Gasteiger partial charge in [0.25, 0.3) is 0 Å². The maximum Gasteiger partial charge on any atom is 0.143 e. The number of hydrogen-bond acceptors (Lipinski definition) is 3. The molecule has 0 spiro atoms. The van der Waals surface area contributed by atoms with Gasteiger partial charge in [0.2, 0.25) is 0 Å². The van der Waals surface area contributed by atoms with Crippen LogP contribution in [0.15, 0.2) is 167 Å². The molecule has 0 saturated heterocycles. The molecule has 2 aromatic heterocycles. The first-order chi connectivity index (χ1) is 29.4. The van der Waals surface area contributed by atoms with Crippen molar-refractivity contribution in [1.82, 2.24) is 0 Å². The first kappa shape index (κ1) is 36.0. The van der Waals surface area contributed by atoms with Gasteiger partial charge in [-0.1, -0.05) is 152 Å². The lowest BCUT2D eigenvalue weighted by Crippen LogP contribution is -2.17. The first-order valence-electron chi connectivity index (χ1n) is 21.6. The Morgan fingerprint density at radius 1 is 0.443 bits per heavy atom. The third kappa shape index (κ3) is 5.04. The monoisotopic (exact) mass is 789 g/mol. The third-order valence-corrected chi connectivity index (χ3v) is 14.0. The molecule has 3 nitrogen and oxygen atoms in total. The fraction of sp³-hybridized carbons (Fsp3) is 0.172. The molecular formula is C58H47NO2. The van der Waals surface area contributed by atoms with Gasteiger partial charge in [-0.2, -0.15) is 0 Å². The number of hydrogen-bond donors (Lipinski definition) is 0. The van der Waals surface area contributed by atoms with E-state index in [1.807, 2.05) is 6.07 Å². The Morgan fingerprint density at radius 3 is 1.92 bits per heavy atom. The Morgan fingerprint density at radius 2 is 1.08 bits per heavy atom. The smallest absolute Gasteiger partial charge is 0.143 e. The second-order valence-corrected chi connectivity index (χ2v) is 19.3. The molecule has 12 rings (SSSR count). The minimum atomic E-state index is -0.234. The molecule has 296 valence electrons. The van der Waals surface area contributed by atoms with Crippen LogP contribution in [0.5, 0.6) is 0 Å². The summed E-state index contributed by atoms with van der Waals surface area (Å²) in [6.07, 6.45) is 0. The summed E-state index contributed by atoms with van der Waals surface area (Å²) in [6.45, 7) is 16.3. The summed E-state index contributed by atoms with van der Waals surface area (Å²) in [5, 5.41) is 4.64. The highest BCUT2D eigenvalue weighted by atomic mass is 16.3. The molecule has 10 aromatic rings. The average Bonchev–Trinajstić information content (AvgIpc) is 3.96. The predicted octanol–water partition coefficient (Wildman–Crippen LogP) is 16.5. The van der Waals surface area contributed by atoms with E-state index in [1.165, 1.54) is 60.8 Å². The zero-order valence-corrected chi connectivity index (χ0v) is 35.8. The zero-order valence-electron chi connectivity index (χ0n) is 35.8. The van der Waals surface area contributed by atoms with Crippen molar-refractivity contribution in [3.63, 3.8) is 0 Å². The number of furan rings is 2. The topological polar surface area (TPSA) is 29.5 Å². The second-order valence-electron chi connectivity index (χ2n) is 19.3. The number of rotatable bonds is 4. The minimum Gasteiger partial charge on any atom is -0.456 e. The van der Waals surface area contributed by atoms with E-state index in [4.69, 9.17) is 8.83 Å². The van der Waals surface area contributed by atoms with Gasteiger partial charge >= 0.3 is 0 Å². The molecule has 0 N–H and O–H groups in total. The molecular weight excluding hydrogens is 743 g/mol. The molecule has 61 heavy (non-hydrogen) atoms. The van der Waals surface area contributed by atoms with E-state index in [2.05, 4.69) is 205 Å². The molecule has 0 unspecified atom stereocenters. The minimum absolute atomic E-state index is 0.00201. The van der Waals surface area contributed by atoms with Gasteiger partial charge in [0.1, 0.15) is 22.3 Å². The molecule has 2 heterocycles. The van der Waals surface area contributed by atoms with E-state index < -0.39 is 0 Å². The maximum atomic E-state index is 6.69. The van der Waals surface area contributed by atoms with Crippen LogP contribution in [0.3, 0.4) is 0 Å². The van der Waals surface area contributed by atoms with E-state index in [1.54, 1.807) is 0 Å². The van der Waals surface area contributed by atoms with Gasteiger partial charge in [-0.25, -0.2) is 0 Å². The summed E-state index contributed by atoms with van der Waals surface area (Å²) < 4.78 is 13.2. The van der Waals surface area contributed by atoms with Crippen LogP contribution in [0.1, 0.15) is 76.3 Å². The largest absolute Gasteiger partial charge is 0.456 e. The summed E-state index contributed by atoms with van der Waals surface area (Å²) in [4.78, 5) is 2.50. The number of benzene rings is 8. The summed E-state index contributed by atoms with van der Waals surface area (Å²) >= 11 is 0. The number of fused-ring (bicyclic) bond motifs is 13. The van der Waals surface area contributed by atoms with Crippen LogP contribution in [0.25, 0.3) is 77.3 Å². The lowest BCUT2D eigenvalue weighted by atomic mass is 9.82. The van der Waals surface area contributed by atoms with E-state index in [9.17, 15) is 0 Å². The van der Waals surface area contributed by atoms with Crippen LogP contribution in [-0.4, -0.2) is 0 Å². The van der Waals surface area contributed by atoms with E-state index in [-0.39, 0.29) is 16.2 Å². The van der Waals surface area contributed by atoms with Crippen LogP contribution in [0.2, 0.25) is 0 Å². The van der Waals surface area contributed by atoms with Gasteiger partial charge in [0.15, 0.2) is 0 Å². The molecule has 0 aliphatic heterocycles. The zero-order chi connectivity index (χ0) is 41.6. The fourth-order valence-electron chi connectivity index (χ4n) is 10.8. The van der Waals surface area contributed by atoms with Crippen molar-refractivity contribution in [2.75, 3.05) is 4.90 Å². The second kappa shape index (κ2) is 12.4. The van der Waals surface area contributed by atoms with Crippen LogP contribution >= 0.6 is 0 Å². The quantitative estimate of drug-likeness (QED) is 0.178. The van der Waals surface area contributed by atoms with Crippen molar-refractivity contribution in [3.05, 3.63) is 186 Å². The molecule has 8 aromatic carbocycles. The van der Waals surface area contributed by atoms with Gasteiger partial charge in [-0.15, -0.1) is 0 Å². The summed E-state index contributed by atoms with van der Waals surface area (Å²) in [5.74, 6) is 0. The molecule has 3 heteroatoms. The first-order valence-corrected chi connectivity index (χ1v) is 21.6. The summed E-state index contributed by atoms with van der Waals surface area (Å²) in [6, 6.07) is 58.1. The maximum absolute atomic E-state index is 6.69. The van der Waals surface area contributed by atoms with Crippen molar-refractivity contribution in [1.29, 1.82) is 0 Å². The van der Waals surface area contributed by atoms with Gasteiger partial charge in [-0.05, 0) is 110 Å². The van der Waals surface area contributed by atoms with Gasteiger partial charge in [-0.3, -0.25) is 0 Å². The fourth-order valence-corrected chi connectivity index (χ4v) is 10.8. The predicted molar refractivity (Wildman–Crippen MR) is 255 cm³/mol. The van der Waals surface area contributed by atoms with E-state index in [0.717, 1.165) is 61.3 Å². The molecule has 0 saturated carbocycles. The molecule has 0 bridgehead atoms. The number of para-hydroxylation sites is 2. The molecule has 0 amide bonds. The van der Waals surface area contributed by atoms with Crippen molar-refractivity contribution < 1.29 is 8.83 Å². The molecule has 0 atom stereocenters. The van der Waals surface area contributed by atoms with Crippen molar-refractivity contribution in [3.8, 4) is 33.4 Å². The summed E-state index contributed by atoms with van der Waals surface area (Å²) in [5.41, 5.74) is 20.7. The van der Waals surface area contributed by atoms with E-state index >= 15 is 0 Å². The highest BCUT2D eigenvalue weighted by molar-refractivity contribution is 6.17. The standard InChI is InChI=1S/C58H47NO2/c1-56(2,3)35-24-30-50-43(32-35)52-51(60-50)31-29-46-54(52)53-45(58(46,6)7)19-13-20-48(53)59(37-27-28-40-39-14-8-10-18-44(39)57(4,5)47(40)33-37)36-25-22-34(23-26-36)38-16-12-17-42-41-15-9-11-21-49(41)61-55(38)42/h8-33H,1-7H3. The number of nitrogens with zero attached hydrogens (tertiary/aromatic N) is 1. The van der Waals surface area contributed by atoms with Crippen LogP contribution in [-0.2, 0) is 16.2 Å². The molecule has 0 radical (unpaired) electrons. The summed E-state index contributed by atoms with van der Waals surface area (Å²) in [7, 11) is 0. The van der Waals surface area contributed by atoms with Gasteiger partial charge < -0.3 is 13.7 Å². The molecule has 2 aliphatic carbocycles. The van der Waals surface area contributed by atoms with E-state index in [0.29, 0.717) is 0 Å². The Labute approximate surface area is 356 Å². The lowest BCUT2D eigenvalue weighted by molar-refractivity contribution is 0.590. The Balaban J connectivity index is 1.10. The average molecular weight is 790 g/mol. The van der Waals surface area contributed by atoms with Crippen LogP contribution in [0.4, 0.5) is 17.1 Å². The lowest BCUT2D eigenvalue weighted by Gasteiger charge is -2.30. The normalized spacial score (nSPS) is 14.7. The number of anilines is 3. The van der Waals surface area contributed by atoms with Gasteiger partial charge in [0.05, 0.1) is 5.69 Å². The molecule has 0 fully saturated rings. The van der Waals surface area contributed by atoms with Crippen molar-refractivity contribution >= 4 is 60.9 Å². The Hall–Kier alpha value is -6.84. The Bertz CT molecular complexity index is 3460. The Kier molecular flexibility index (Phi) is 7.31. The van der Waals surface area contributed by atoms with Crippen molar-refractivity contribution in [2.24, 2.45) is 0 Å². The third-order valence-electron chi connectivity index (χ3n) is 14.0. The van der Waals surface area contributed by atoms with Gasteiger partial charge in [0, 0.05) is 54.9 Å². The van der Waals surface area contributed by atoms with Crippen molar-refractivity contribution in [2.45, 2.75) is 64.7 Å². The highest BCUT2D eigenvalue weighted by Crippen LogP contribution is 2.58. The highest BCUT2D eigenvalue weighted by Gasteiger charge is 2.41. The van der Waals surface area contributed by atoms with Crippen LogP contribution < -0.4 is 4.90 Å². The van der Waals surface area contributed by atoms with Crippen LogP contribution in [0, 0.1) is 0 Å².